The fraction of sp³-hybridized carbons (Fsp3) is 0.357. The van der Waals surface area contributed by atoms with Gasteiger partial charge >= 0.3 is 0 Å². The second-order valence-corrected chi connectivity index (χ2v) is 6.50. The van der Waals surface area contributed by atoms with Crippen LogP contribution >= 0.6 is 11.3 Å². The van der Waals surface area contributed by atoms with E-state index in [1.54, 1.807) is 11.3 Å². The van der Waals surface area contributed by atoms with Crippen LogP contribution in [0.1, 0.15) is 25.6 Å². The smallest absolute Gasteiger partial charge is 0.189 e. The summed E-state index contributed by atoms with van der Waals surface area (Å²) in [5.41, 5.74) is 5.80. The van der Waals surface area contributed by atoms with Crippen molar-refractivity contribution in [2.24, 2.45) is 10.7 Å². The molecule has 0 radical (unpaired) electrons. The van der Waals surface area contributed by atoms with Gasteiger partial charge in [-0.25, -0.2) is 4.99 Å². The first-order valence-corrected chi connectivity index (χ1v) is 6.81. The van der Waals surface area contributed by atoms with Gasteiger partial charge in [0, 0.05) is 15.1 Å². The Morgan fingerprint density at radius 2 is 2.06 bits per heavy atom. The summed E-state index contributed by atoms with van der Waals surface area (Å²) in [4.78, 5) is 5.60. The number of aliphatic imine (C=N–C) groups is 1. The molecule has 1 aromatic heterocycles. The fourth-order valence-electron chi connectivity index (χ4n) is 1.70. The standard InChI is InChI=1S/C14H19N3S/c1-14(2,3)17-13(15)16-9-11-8-10-6-4-5-7-12(10)18-11/h4-8H,9H2,1-3H3,(H3,15,16,17). The topological polar surface area (TPSA) is 50.4 Å². The number of benzene rings is 1. The Bertz CT molecular complexity index is 531. The van der Waals surface area contributed by atoms with Crippen molar-refractivity contribution in [3.8, 4) is 0 Å². The number of guanidine groups is 1. The van der Waals surface area contributed by atoms with E-state index in [1.807, 2.05) is 0 Å². The van der Waals surface area contributed by atoms with E-state index in [4.69, 9.17) is 5.73 Å². The van der Waals surface area contributed by atoms with Crippen molar-refractivity contribution in [1.82, 2.24) is 5.32 Å². The zero-order valence-corrected chi connectivity index (χ0v) is 11.8. The Hall–Kier alpha value is -1.55. The van der Waals surface area contributed by atoms with Crippen molar-refractivity contribution in [1.29, 1.82) is 0 Å². The lowest BCUT2D eigenvalue weighted by molar-refractivity contribution is 0.508. The van der Waals surface area contributed by atoms with Crippen molar-refractivity contribution < 1.29 is 0 Å². The van der Waals surface area contributed by atoms with Gasteiger partial charge in [0.15, 0.2) is 5.96 Å². The third kappa shape index (κ3) is 3.47. The zero-order valence-electron chi connectivity index (χ0n) is 11.0. The number of nitrogens with two attached hydrogens (primary N) is 1. The summed E-state index contributed by atoms with van der Waals surface area (Å²) in [6.45, 7) is 6.83. The molecule has 2 rings (SSSR count). The highest BCUT2D eigenvalue weighted by Gasteiger charge is 2.09. The van der Waals surface area contributed by atoms with Crippen molar-refractivity contribution in [2.45, 2.75) is 32.9 Å². The molecule has 3 nitrogen and oxygen atoms in total. The van der Waals surface area contributed by atoms with Crippen LogP contribution in [0.2, 0.25) is 0 Å². The number of thiophene rings is 1. The van der Waals surface area contributed by atoms with E-state index < -0.39 is 0 Å². The third-order valence-corrected chi connectivity index (χ3v) is 3.49. The SMILES string of the molecule is CC(C)(C)NC(N)=NCc1cc2ccccc2s1. The number of rotatable bonds is 2. The Labute approximate surface area is 112 Å². The van der Waals surface area contributed by atoms with Crippen molar-refractivity contribution in [3.05, 3.63) is 35.2 Å². The van der Waals surface area contributed by atoms with Crippen LogP contribution in [-0.4, -0.2) is 11.5 Å². The summed E-state index contributed by atoms with van der Waals surface area (Å²) in [6.07, 6.45) is 0. The minimum atomic E-state index is -0.0479. The van der Waals surface area contributed by atoms with E-state index in [0.29, 0.717) is 12.5 Å². The number of hydrogen-bond acceptors (Lipinski definition) is 2. The van der Waals surface area contributed by atoms with Crippen LogP contribution < -0.4 is 11.1 Å². The van der Waals surface area contributed by atoms with E-state index in [0.717, 1.165) is 0 Å². The van der Waals surface area contributed by atoms with Crippen LogP contribution in [0.3, 0.4) is 0 Å². The highest BCUT2D eigenvalue weighted by Crippen LogP contribution is 2.25. The lowest BCUT2D eigenvalue weighted by atomic mass is 10.1. The number of hydrogen-bond donors (Lipinski definition) is 2. The summed E-state index contributed by atoms with van der Waals surface area (Å²) >= 11 is 1.77. The maximum Gasteiger partial charge on any atom is 0.189 e. The molecule has 0 aliphatic heterocycles. The predicted molar refractivity (Wildman–Crippen MR) is 80.0 cm³/mol. The third-order valence-electron chi connectivity index (χ3n) is 2.38. The molecular weight excluding hydrogens is 242 g/mol. The first kappa shape index (κ1) is 12.9. The summed E-state index contributed by atoms with van der Waals surface area (Å²) in [5.74, 6) is 0.500. The average molecular weight is 261 g/mol. The molecule has 4 heteroatoms. The van der Waals surface area contributed by atoms with E-state index in [-0.39, 0.29) is 5.54 Å². The molecule has 2 aromatic rings. The van der Waals surface area contributed by atoms with Crippen LogP contribution in [0.5, 0.6) is 0 Å². The molecule has 18 heavy (non-hydrogen) atoms. The van der Waals surface area contributed by atoms with Gasteiger partial charge in [0.2, 0.25) is 0 Å². The van der Waals surface area contributed by atoms with Gasteiger partial charge in [0.25, 0.3) is 0 Å². The first-order chi connectivity index (χ1) is 8.44. The summed E-state index contributed by atoms with van der Waals surface area (Å²) < 4.78 is 1.30. The van der Waals surface area contributed by atoms with Crippen LogP contribution in [-0.2, 0) is 6.54 Å². The minimum Gasteiger partial charge on any atom is -0.370 e. The monoisotopic (exact) mass is 261 g/mol. The van der Waals surface area contributed by atoms with Crippen LogP contribution in [0.25, 0.3) is 10.1 Å². The highest BCUT2D eigenvalue weighted by atomic mass is 32.1. The molecule has 0 aliphatic carbocycles. The molecule has 0 unspecified atom stereocenters. The zero-order chi connectivity index (χ0) is 13.2. The maximum absolute atomic E-state index is 5.85. The lowest BCUT2D eigenvalue weighted by Gasteiger charge is -2.20. The fourth-order valence-corrected chi connectivity index (χ4v) is 2.69. The van der Waals surface area contributed by atoms with Gasteiger partial charge < -0.3 is 11.1 Å². The number of fused-ring (bicyclic) bond motifs is 1. The Morgan fingerprint density at radius 1 is 1.33 bits per heavy atom. The molecule has 1 heterocycles. The molecule has 3 N–H and O–H groups in total. The normalized spacial score (nSPS) is 12.9. The quantitative estimate of drug-likeness (QED) is 0.644. The second kappa shape index (κ2) is 4.98. The molecule has 0 amide bonds. The molecule has 0 saturated carbocycles. The van der Waals surface area contributed by atoms with Gasteiger partial charge in [0.05, 0.1) is 6.54 Å². The van der Waals surface area contributed by atoms with Gasteiger partial charge in [0.1, 0.15) is 0 Å². The lowest BCUT2D eigenvalue weighted by Crippen LogP contribution is -2.44. The van der Waals surface area contributed by atoms with Crippen molar-refractivity contribution >= 4 is 27.4 Å². The predicted octanol–water partition coefficient (Wildman–Crippen LogP) is 3.10. The van der Waals surface area contributed by atoms with Gasteiger partial charge in [-0.3, -0.25) is 0 Å². The van der Waals surface area contributed by atoms with E-state index in [2.05, 4.69) is 61.4 Å². The van der Waals surface area contributed by atoms with Crippen molar-refractivity contribution in [3.63, 3.8) is 0 Å². The van der Waals surface area contributed by atoms with E-state index in [1.165, 1.54) is 15.0 Å². The molecular formula is C14H19N3S. The summed E-state index contributed by atoms with van der Waals surface area (Å²) in [5, 5.41) is 4.43. The Morgan fingerprint density at radius 3 is 2.72 bits per heavy atom. The van der Waals surface area contributed by atoms with E-state index >= 15 is 0 Å². The summed E-state index contributed by atoms with van der Waals surface area (Å²) in [7, 11) is 0. The molecule has 96 valence electrons. The molecule has 1 aromatic carbocycles. The van der Waals surface area contributed by atoms with Gasteiger partial charge in [-0.2, -0.15) is 0 Å². The van der Waals surface area contributed by atoms with Gasteiger partial charge in [-0.05, 0) is 38.3 Å². The van der Waals surface area contributed by atoms with Crippen LogP contribution in [0.4, 0.5) is 0 Å². The number of nitrogens with one attached hydrogen (secondary N) is 1. The first-order valence-electron chi connectivity index (χ1n) is 6.00. The van der Waals surface area contributed by atoms with Crippen LogP contribution in [0, 0.1) is 0 Å². The molecule has 0 atom stereocenters. The van der Waals surface area contributed by atoms with Crippen LogP contribution in [0.15, 0.2) is 35.3 Å². The summed E-state index contributed by atoms with van der Waals surface area (Å²) in [6, 6.07) is 10.5. The molecule has 0 fully saturated rings. The Kier molecular flexibility index (Phi) is 3.57. The molecule has 0 aliphatic rings. The maximum atomic E-state index is 5.85. The molecule has 0 bridgehead atoms. The Balaban J connectivity index is 2.07. The minimum absolute atomic E-state index is 0.0479. The van der Waals surface area contributed by atoms with E-state index in [9.17, 15) is 0 Å². The highest BCUT2D eigenvalue weighted by molar-refractivity contribution is 7.19. The average Bonchev–Trinajstić information content (AvgIpc) is 2.66. The largest absolute Gasteiger partial charge is 0.370 e. The van der Waals surface area contributed by atoms with Crippen molar-refractivity contribution in [2.75, 3.05) is 0 Å². The second-order valence-electron chi connectivity index (χ2n) is 5.33. The molecule has 0 saturated heterocycles. The van der Waals surface area contributed by atoms with Gasteiger partial charge in [-0.15, -0.1) is 11.3 Å². The van der Waals surface area contributed by atoms with Gasteiger partial charge in [-0.1, -0.05) is 18.2 Å². The number of nitrogens with zero attached hydrogens (tertiary/aromatic N) is 1. The molecule has 0 spiro atoms.